The van der Waals surface area contributed by atoms with Crippen LogP contribution in [0.1, 0.15) is 154 Å². The fraction of sp³-hybridized carbons (Fsp3) is 0.407. The van der Waals surface area contributed by atoms with Crippen molar-refractivity contribution in [2.75, 3.05) is 0 Å². The Hall–Kier alpha value is -4.89. The molecule has 0 spiro atoms. The van der Waals surface area contributed by atoms with Gasteiger partial charge >= 0.3 is 0 Å². The highest BCUT2D eigenvalue weighted by Crippen LogP contribution is 2.04. The molecule has 0 amide bonds. The van der Waals surface area contributed by atoms with Crippen molar-refractivity contribution in [3.63, 3.8) is 0 Å². The lowest BCUT2D eigenvalue weighted by atomic mass is 10.2. The molecule has 0 radical (unpaired) electrons. The Morgan fingerprint density at radius 3 is 1.16 bits per heavy atom. The van der Waals surface area contributed by atoms with Gasteiger partial charge in [-0.25, -0.2) is 4.37 Å². The second-order valence-corrected chi connectivity index (χ2v) is 13.8. The van der Waals surface area contributed by atoms with Gasteiger partial charge in [-0.05, 0) is 154 Å². The summed E-state index contributed by atoms with van der Waals surface area (Å²) in [6.45, 7) is 48.2. The quantitative estimate of drug-likeness (QED) is 0.151. The van der Waals surface area contributed by atoms with Crippen LogP contribution in [0, 0.1) is 55.4 Å². The Kier molecular flexibility index (Phi) is 89.2. The number of hydrogen-bond donors (Lipinski definition) is 0. The second-order valence-electron chi connectivity index (χ2n) is 10.8. The van der Waals surface area contributed by atoms with Gasteiger partial charge in [0.15, 0.2) is 0 Å². The van der Waals surface area contributed by atoms with Gasteiger partial charge in [0.2, 0.25) is 0 Å². The minimum absolute atomic E-state index is 0.968. The molecule has 67 heavy (non-hydrogen) atoms. The van der Waals surface area contributed by atoms with E-state index in [1.54, 1.807) is 60.1 Å². The monoisotopic (exact) mass is 978 g/mol. The van der Waals surface area contributed by atoms with Gasteiger partial charge in [-0.3, -0.25) is 9.97 Å². The molecule has 0 fully saturated rings. The smallest absolute Gasteiger partial charge is 0.100 e. The number of thiophene rings is 2. The Morgan fingerprint density at radius 1 is 0.418 bits per heavy atom. The highest BCUT2D eigenvalue weighted by molar-refractivity contribution is 7.09. The third kappa shape index (κ3) is 72.9. The van der Waals surface area contributed by atoms with Gasteiger partial charge in [0.25, 0.3) is 0 Å². The highest BCUT2D eigenvalue weighted by Gasteiger charge is 1.79. The lowest BCUT2D eigenvalue weighted by Crippen LogP contribution is -1.72. The summed E-state index contributed by atoms with van der Waals surface area (Å²) < 4.78 is 13.4. The van der Waals surface area contributed by atoms with Gasteiger partial charge in [0.05, 0.1) is 18.8 Å². The van der Waals surface area contributed by atoms with Gasteiger partial charge in [-0.1, -0.05) is 165 Å². The molecule has 380 valence electrons. The fourth-order valence-electron chi connectivity index (χ4n) is 3.10. The first-order valence-electron chi connectivity index (χ1n) is 24.3. The third-order valence-corrected chi connectivity index (χ3v) is 8.04. The van der Waals surface area contributed by atoms with Crippen LogP contribution in [0.3, 0.4) is 0 Å². The zero-order chi connectivity index (χ0) is 53.4. The van der Waals surface area contributed by atoms with Crippen LogP contribution >= 0.6 is 34.2 Å². The predicted octanol–water partition coefficient (Wildman–Crippen LogP) is 21.7. The van der Waals surface area contributed by atoms with Crippen molar-refractivity contribution >= 4 is 34.2 Å². The molecule has 7 aromatic heterocycles. The summed E-state index contributed by atoms with van der Waals surface area (Å²) in [4.78, 5) is 10.5. The molecular weight excluding hydrogens is 879 g/mol. The summed E-state index contributed by atoms with van der Waals surface area (Å²) in [7, 11) is 0. The number of pyridine rings is 2. The molecule has 5 nitrogen and oxygen atoms in total. The van der Waals surface area contributed by atoms with Crippen LogP contribution in [-0.2, 0) is 0 Å². The van der Waals surface area contributed by atoms with Gasteiger partial charge in [0.1, 0.15) is 5.76 Å². The molecule has 1 aromatic carbocycles. The highest BCUT2D eigenvalue weighted by atomic mass is 32.1. The maximum absolute atomic E-state index is 4.83. The summed E-state index contributed by atoms with van der Waals surface area (Å²) in [5.41, 5.74) is 6.14. The largest absolute Gasteiger partial charge is 0.472 e. The number of aryl methyl sites for hydroxylation is 8. The summed E-state index contributed by atoms with van der Waals surface area (Å²) in [5, 5.41) is 6.28. The number of furan rings is 2. The van der Waals surface area contributed by atoms with E-state index in [0.29, 0.717) is 0 Å². The van der Waals surface area contributed by atoms with Gasteiger partial charge in [-0.2, -0.15) is 11.3 Å². The molecule has 0 N–H and O–H groups in total. The number of nitrogens with zero attached hydrogens (tertiary/aromatic N) is 3. The molecule has 8 aromatic rings. The first-order valence-corrected chi connectivity index (χ1v) is 26.9. The van der Waals surface area contributed by atoms with Crippen molar-refractivity contribution < 1.29 is 8.83 Å². The van der Waals surface area contributed by atoms with Crippen molar-refractivity contribution in [3.8, 4) is 0 Å². The molecule has 0 atom stereocenters. The van der Waals surface area contributed by atoms with Crippen LogP contribution in [0.2, 0.25) is 0 Å². The maximum atomic E-state index is 4.83. The topological polar surface area (TPSA) is 65.0 Å². The third-order valence-electron chi connectivity index (χ3n) is 5.78. The molecule has 8 rings (SSSR count). The summed E-state index contributed by atoms with van der Waals surface area (Å²) >= 11 is 5.05. The number of aromatic nitrogens is 3. The fourth-order valence-corrected chi connectivity index (χ4v) is 4.70. The van der Waals surface area contributed by atoms with E-state index in [1.165, 1.54) is 43.5 Å². The Balaban J connectivity index is -0.0000000949. The van der Waals surface area contributed by atoms with E-state index in [-0.39, 0.29) is 0 Å². The van der Waals surface area contributed by atoms with E-state index in [9.17, 15) is 0 Å². The van der Waals surface area contributed by atoms with Gasteiger partial charge in [0, 0.05) is 40.2 Å². The Labute approximate surface area is 427 Å². The van der Waals surface area contributed by atoms with Crippen LogP contribution in [0.25, 0.3) is 0 Å². The second kappa shape index (κ2) is 75.4. The lowest BCUT2D eigenvalue weighted by molar-refractivity contribution is 0.534. The average molecular weight is 979 g/mol. The van der Waals surface area contributed by atoms with Crippen molar-refractivity contribution in [1.29, 1.82) is 0 Å². The van der Waals surface area contributed by atoms with Crippen LogP contribution < -0.4 is 0 Å². The molecule has 0 unspecified atom stereocenters. The van der Waals surface area contributed by atoms with Crippen molar-refractivity contribution in [3.05, 3.63) is 206 Å². The molecule has 0 aliphatic heterocycles. The summed E-state index contributed by atoms with van der Waals surface area (Å²) in [6.07, 6.45) is 12.2. The normalized spacial score (nSPS) is 7.40. The summed E-state index contributed by atoms with van der Waals surface area (Å²) in [5.74, 6) is 0.968. The maximum Gasteiger partial charge on any atom is 0.100 e. The molecule has 0 bridgehead atoms. The van der Waals surface area contributed by atoms with Crippen molar-refractivity contribution in [2.45, 2.75) is 166 Å². The van der Waals surface area contributed by atoms with Crippen LogP contribution in [-0.4, -0.2) is 14.3 Å². The van der Waals surface area contributed by atoms with E-state index >= 15 is 0 Å². The standard InChI is InChI=1S/C7H8.2C6H7N.2C5H6O.2C5H6S.C4H5NS.8C2H6/c1-7-5-3-2-4-6-7;1-6-3-2-4-7-5-6;1-6-4-2-3-5-7-6;1-5-2-3-6-4-5;1-5-3-2-4-6-5;1-5-2-3-6-4-5;1-5-3-2-4-6-5;1-4-2-3-5-6-4;8*1-2/h2-6H,1H3;2*2-5H,1H3;4*2-4H,1H3;2-3H,1H3;8*1-2H3. The minimum Gasteiger partial charge on any atom is -0.472 e. The van der Waals surface area contributed by atoms with Gasteiger partial charge in [-0.15, -0.1) is 11.3 Å². The van der Waals surface area contributed by atoms with E-state index < -0.39 is 0 Å². The first-order chi connectivity index (χ1) is 32.7. The number of benzene rings is 1. The Bertz CT molecular complexity index is 1500. The molecule has 0 saturated carbocycles. The molecule has 8 heteroatoms. The molecule has 0 aliphatic rings. The van der Waals surface area contributed by atoms with Crippen molar-refractivity contribution in [2.24, 2.45) is 0 Å². The average Bonchev–Trinajstić information content (AvgIpc) is 4.30. The van der Waals surface area contributed by atoms with E-state index in [0.717, 1.165) is 11.5 Å². The van der Waals surface area contributed by atoms with Gasteiger partial charge < -0.3 is 8.83 Å². The predicted molar refractivity (Wildman–Crippen MR) is 312 cm³/mol. The van der Waals surface area contributed by atoms with Crippen LogP contribution in [0.5, 0.6) is 0 Å². The van der Waals surface area contributed by atoms with E-state index in [1.807, 2.05) is 224 Å². The molecule has 0 saturated heterocycles. The molecule has 7 heterocycles. The molecule has 0 aliphatic carbocycles. The van der Waals surface area contributed by atoms with Crippen LogP contribution in [0.4, 0.5) is 0 Å². The SMILES string of the molecule is CC.CC.CC.CC.CC.CC.CC.CC.Cc1ccccc1.Cc1ccccn1.Cc1cccnc1.Cc1ccco1.Cc1cccs1.Cc1ccns1.Cc1ccoc1.Cc1ccsc1. The minimum atomic E-state index is 0.968. The van der Waals surface area contributed by atoms with Crippen LogP contribution in [0.15, 0.2) is 172 Å². The van der Waals surface area contributed by atoms with E-state index in [2.05, 4.69) is 81.6 Å². The number of hydrogen-bond acceptors (Lipinski definition) is 8. The Morgan fingerprint density at radius 2 is 1.00 bits per heavy atom. The lowest BCUT2D eigenvalue weighted by Gasteiger charge is -1.82. The van der Waals surface area contributed by atoms with Crippen molar-refractivity contribution in [1.82, 2.24) is 14.3 Å². The summed E-state index contributed by atoms with van der Waals surface area (Å²) in [6, 6.07) is 34.0. The first kappa shape index (κ1) is 79.2. The zero-order valence-electron chi connectivity index (χ0n) is 47.0. The number of rotatable bonds is 0. The zero-order valence-corrected chi connectivity index (χ0v) is 49.4. The van der Waals surface area contributed by atoms with E-state index in [4.69, 9.17) is 8.83 Å². The molecular formula is C59H99N3O2S3.